The Balaban J connectivity index is 2.32. The predicted molar refractivity (Wildman–Crippen MR) is 54.3 cm³/mol. The number of carbonyl (C=O) groups excluding carboxylic acids is 1. The molecule has 0 radical (unpaired) electrons. The molecule has 72 valence electrons. The molecule has 0 aliphatic rings. The Morgan fingerprint density at radius 3 is 2.85 bits per heavy atom. The van der Waals surface area contributed by atoms with Crippen molar-refractivity contribution in [1.29, 1.82) is 0 Å². The van der Waals surface area contributed by atoms with E-state index in [9.17, 15) is 4.79 Å². The van der Waals surface area contributed by atoms with E-state index in [-0.39, 0.29) is 0 Å². The van der Waals surface area contributed by atoms with Crippen LogP contribution in [0.4, 0.5) is 0 Å². The molecule has 0 saturated heterocycles. The molecule has 1 rings (SSSR count). The first-order valence-corrected chi connectivity index (χ1v) is 5.38. The molecule has 2 nitrogen and oxygen atoms in total. The number of rotatable bonds is 5. The molecule has 0 atom stereocenters. The Hall–Kier alpha value is -0.700. The molecule has 13 heavy (non-hydrogen) atoms. The van der Waals surface area contributed by atoms with Crippen LogP contribution in [-0.4, -0.2) is 12.0 Å². The van der Waals surface area contributed by atoms with E-state index in [4.69, 9.17) is 4.42 Å². The SMILES string of the molecule is CC(C)CCSc1ccc(C=O)o1. The minimum Gasteiger partial charge on any atom is -0.447 e. The normalized spacial score (nSPS) is 10.7. The zero-order valence-electron chi connectivity index (χ0n) is 7.95. The van der Waals surface area contributed by atoms with Crippen molar-refractivity contribution in [3.05, 3.63) is 17.9 Å². The maximum atomic E-state index is 10.3. The third-order valence-corrected chi connectivity index (χ3v) is 2.60. The summed E-state index contributed by atoms with van der Waals surface area (Å²) in [5.74, 6) is 2.17. The number of hydrogen-bond acceptors (Lipinski definition) is 3. The molecule has 0 bridgehead atoms. The summed E-state index contributed by atoms with van der Waals surface area (Å²) >= 11 is 1.66. The van der Waals surface area contributed by atoms with Gasteiger partial charge in [0.05, 0.1) is 0 Å². The van der Waals surface area contributed by atoms with Gasteiger partial charge in [-0.2, -0.15) is 0 Å². The van der Waals surface area contributed by atoms with Crippen molar-refractivity contribution in [3.63, 3.8) is 0 Å². The van der Waals surface area contributed by atoms with E-state index in [0.29, 0.717) is 11.7 Å². The highest BCUT2D eigenvalue weighted by molar-refractivity contribution is 7.99. The molecule has 1 aromatic rings. The highest BCUT2D eigenvalue weighted by atomic mass is 32.2. The minimum atomic E-state index is 0.409. The Kier molecular flexibility index (Phi) is 4.09. The zero-order valence-corrected chi connectivity index (χ0v) is 8.76. The molecular formula is C10H14O2S. The Labute approximate surface area is 82.7 Å². The van der Waals surface area contributed by atoms with E-state index < -0.39 is 0 Å². The summed E-state index contributed by atoms with van der Waals surface area (Å²) in [6, 6.07) is 3.54. The van der Waals surface area contributed by atoms with E-state index in [2.05, 4.69) is 13.8 Å². The largest absolute Gasteiger partial charge is 0.447 e. The first-order valence-electron chi connectivity index (χ1n) is 4.40. The number of aldehydes is 1. The highest BCUT2D eigenvalue weighted by Crippen LogP contribution is 2.22. The van der Waals surface area contributed by atoms with Gasteiger partial charge in [-0.15, -0.1) is 0 Å². The van der Waals surface area contributed by atoms with Gasteiger partial charge >= 0.3 is 0 Å². The lowest BCUT2D eigenvalue weighted by Gasteiger charge is -2.01. The van der Waals surface area contributed by atoms with Crippen LogP contribution in [0.25, 0.3) is 0 Å². The molecule has 0 aliphatic carbocycles. The molecular weight excluding hydrogens is 184 g/mol. The summed E-state index contributed by atoms with van der Waals surface area (Å²) in [7, 11) is 0. The van der Waals surface area contributed by atoms with Crippen LogP contribution in [0.2, 0.25) is 0 Å². The second-order valence-electron chi connectivity index (χ2n) is 3.31. The smallest absolute Gasteiger partial charge is 0.185 e. The first kappa shape index (κ1) is 10.4. The Morgan fingerprint density at radius 2 is 2.31 bits per heavy atom. The summed E-state index contributed by atoms with van der Waals surface area (Å²) in [5.41, 5.74) is 0. The van der Waals surface area contributed by atoms with E-state index >= 15 is 0 Å². The van der Waals surface area contributed by atoms with Gasteiger partial charge in [-0.05, 0) is 24.5 Å². The Bertz CT molecular complexity index is 266. The summed E-state index contributed by atoms with van der Waals surface area (Å²) in [5, 5.41) is 0.836. The summed E-state index contributed by atoms with van der Waals surface area (Å²) in [6.07, 6.45) is 1.90. The minimum absolute atomic E-state index is 0.409. The molecule has 0 N–H and O–H groups in total. The summed E-state index contributed by atoms with van der Waals surface area (Å²) in [4.78, 5) is 10.3. The van der Waals surface area contributed by atoms with Gasteiger partial charge in [0.15, 0.2) is 17.1 Å². The maximum absolute atomic E-state index is 10.3. The van der Waals surface area contributed by atoms with Crippen molar-refractivity contribution in [3.8, 4) is 0 Å². The van der Waals surface area contributed by atoms with Crippen LogP contribution in [0.1, 0.15) is 30.8 Å². The van der Waals surface area contributed by atoms with Gasteiger partial charge in [-0.3, -0.25) is 4.79 Å². The van der Waals surface area contributed by atoms with Crippen LogP contribution in [-0.2, 0) is 0 Å². The fourth-order valence-electron chi connectivity index (χ4n) is 0.871. The molecule has 0 fully saturated rings. The third kappa shape index (κ3) is 3.68. The highest BCUT2D eigenvalue weighted by Gasteiger charge is 2.01. The molecule has 0 unspecified atom stereocenters. The van der Waals surface area contributed by atoms with Crippen LogP contribution in [0.15, 0.2) is 21.6 Å². The van der Waals surface area contributed by atoms with Crippen LogP contribution in [0, 0.1) is 5.92 Å². The predicted octanol–water partition coefficient (Wildman–Crippen LogP) is 3.23. The molecule has 1 aromatic heterocycles. The number of furan rings is 1. The maximum Gasteiger partial charge on any atom is 0.185 e. The quantitative estimate of drug-likeness (QED) is 0.537. The number of hydrogen-bond donors (Lipinski definition) is 0. The monoisotopic (exact) mass is 198 g/mol. The summed E-state index contributed by atoms with van der Waals surface area (Å²) in [6.45, 7) is 4.39. The Morgan fingerprint density at radius 1 is 1.54 bits per heavy atom. The molecule has 1 heterocycles. The second kappa shape index (κ2) is 5.12. The molecule has 0 spiro atoms. The lowest BCUT2D eigenvalue weighted by Crippen LogP contribution is -1.88. The van der Waals surface area contributed by atoms with Crippen molar-refractivity contribution in [1.82, 2.24) is 0 Å². The van der Waals surface area contributed by atoms with E-state index in [1.807, 2.05) is 6.07 Å². The topological polar surface area (TPSA) is 30.2 Å². The van der Waals surface area contributed by atoms with Gasteiger partial charge in [0.1, 0.15) is 0 Å². The number of thioether (sulfide) groups is 1. The van der Waals surface area contributed by atoms with Gasteiger partial charge < -0.3 is 4.42 Å². The number of carbonyl (C=O) groups is 1. The first-order chi connectivity index (χ1) is 6.22. The fraction of sp³-hybridized carbons (Fsp3) is 0.500. The molecule has 0 aromatic carbocycles. The van der Waals surface area contributed by atoms with E-state index in [1.54, 1.807) is 17.8 Å². The van der Waals surface area contributed by atoms with Gasteiger partial charge in [-0.1, -0.05) is 25.6 Å². The third-order valence-electron chi connectivity index (χ3n) is 1.66. The van der Waals surface area contributed by atoms with Gasteiger partial charge in [0.25, 0.3) is 0 Å². The van der Waals surface area contributed by atoms with Crippen LogP contribution in [0.5, 0.6) is 0 Å². The van der Waals surface area contributed by atoms with Crippen molar-refractivity contribution in [2.75, 3.05) is 5.75 Å². The average molecular weight is 198 g/mol. The van der Waals surface area contributed by atoms with Crippen LogP contribution in [0.3, 0.4) is 0 Å². The average Bonchev–Trinajstić information content (AvgIpc) is 2.52. The lowest BCUT2D eigenvalue weighted by molar-refractivity contribution is 0.109. The fourth-order valence-corrected chi connectivity index (χ4v) is 1.98. The van der Waals surface area contributed by atoms with Gasteiger partial charge in [0, 0.05) is 5.75 Å². The van der Waals surface area contributed by atoms with E-state index in [0.717, 1.165) is 17.1 Å². The second-order valence-corrected chi connectivity index (χ2v) is 4.40. The van der Waals surface area contributed by atoms with E-state index in [1.165, 1.54) is 6.42 Å². The zero-order chi connectivity index (χ0) is 9.68. The molecule has 0 saturated carbocycles. The van der Waals surface area contributed by atoms with Crippen LogP contribution < -0.4 is 0 Å². The molecule has 3 heteroatoms. The van der Waals surface area contributed by atoms with Gasteiger partial charge in [0.2, 0.25) is 0 Å². The van der Waals surface area contributed by atoms with Crippen LogP contribution >= 0.6 is 11.8 Å². The van der Waals surface area contributed by atoms with Crippen molar-refractivity contribution < 1.29 is 9.21 Å². The van der Waals surface area contributed by atoms with Crippen molar-refractivity contribution >= 4 is 18.0 Å². The van der Waals surface area contributed by atoms with Crippen molar-refractivity contribution in [2.24, 2.45) is 5.92 Å². The summed E-state index contributed by atoms with van der Waals surface area (Å²) < 4.78 is 5.21. The standard InChI is InChI=1S/C10H14O2S/c1-8(2)5-6-13-10-4-3-9(7-11)12-10/h3-4,7-8H,5-6H2,1-2H3. The van der Waals surface area contributed by atoms with Gasteiger partial charge in [-0.25, -0.2) is 0 Å². The lowest BCUT2D eigenvalue weighted by atomic mass is 10.2. The van der Waals surface area contributed by atoms with Crippen molar-refractivity contribution in [2.45, 2.75) is 25.4 Å². The molecule has 0 aliphatic heterocycles. The molecule has 0 amide bonds.